The molecule has 21 heavy (non-hydrogen) atoms. The van der Waals surface area contributed by atoms with Crippen LogP contribution in [0.25, 0.3) is 0 Å². The molecular weight excluding hydrogens is 317 g/mol. The summed E-state index contributed by atoms with van der Waals surface area (Å²) in [5, 5.41) is 10.6. The zero-order valence-corrected chi connectivity index (χ0v) is 11.2. The summed E-state index contributed by atoms with van der Waals surface area (Å²) >= 11 is 0. The molecule has 0 aliphatic heterocycles. The monoisotopic (exact) mass is 328 g/mol. The molecule has 118 valence electrons. The molecule has 0 amide bonds. The van der Waals surface area contributed by atoms with Gasteiger partial charge < -0.3 is 5.43 Å². The number of hydrogen-bond acceptors (Lipinski definition) is 6. The minimum atomic E-state index is -4.53. The summed E-state index contributed by atoms with van der Waals surface area (Å²) in [5.41, 5.74) is 1.29. The number of non-ortho nitro benzene ring substituents is 1. The molecule has 4 N–H and O–H groups in total. The standard InChI is InChI=1S/C9H11F3N4O4S/c10-9(11,12)3-4-14-21(19,20)8-5-6(16(17)18)1-2-7(8)15-13/h1-2,5,14-15H,3-4,13H2. The highest BCUT2D eigenvalue weighted by Gasteiger charge is 2.28. The molecule has 0 heterocycles. The van der Waals surface area contributed by atoms with Gasteiger partial charge in [-0.25, -0.2) is 13.1 Å². The Morgan fingerprint density at radius 2 is 1.95 bits per heavy atom. The van der Waals surface area contributed by atoms with Crippen LogP contribution in [-0.4, -0.2) is 26.1 Å². The minimum Gasteiger partial charge on any atom is -0.323 e. The summed E-state index contributed by atoms with van der Waals surface area (Å²) in [4.78, 5) is 9.17. The average Bonchev–Trinajstić information content (AvgIpc) is 2.36. The number of nitro benzene ring substituents is 1. The van der Waals surface area contributed by atoms with Gasteiger partial charge in [-0.1, -0.05) is 0 Å². The molecule has 0 spiro atoms. The quantitative estimate of drug-likeness (QED) is 0.408. The predicted octanol–water partition coefficient (Wildman–Crippen LogP) is 1.11. The van der Waals surface area contributed by atoms with Gasteiger partial charge in [-0.05, 0) is 6.07 Å². The van der Waals surface area contributed by atoms with Crippen molar-refractivity contribution in [3.63, 3.8) is 0 Å². The number of hydrazine groups is 1. The Kier molecular flexibility index (Phi) is 5.09. The topological polar surface area (TPSA) is 127 Å². The third-order valence-corrected chi connectivity index (χ3v) is 3.82. The highest BCUT2D eigenvalue weighted by Crippen LogP contribution is 2.26. The van der Waals surface area contributed by atoms with Gasteiger partial charge in [-0.2, -0.15) is 13.2 Å². The summed E-state index contributed by atoms with van der Waals surface area (Å²) in [6, 6.07) is 2.74. The summed E-state index contributed by atoms with van der Waals surface area (Å²) in [6.45, 7) is -0.890. The fourth-order valence-electron chi connectivity index (χ4n) is 1.37. The van der Waals surface area contributed by atoms with Crippen molar-refractivity contribution < 1.29 is 26.5 Å². The number of nitrogens with two attached hydrogens (primary N) is 1. The molecule has 8 nitrogen and oxygen atoms in total. The normalized spacial score (nSPS) is 12.2. The van der Waals surface area contributed by atoms with Gasteiger partial charge in [0.25, 0.3) is 5.69 Å². The van der Waals surface area contributed by atoms with Crippen molar-refractivity contribution in [3.8, 4) is 0 Å². The Labute approximate surface area is 117 Å². The van der Waals surface area contributed by atoms with E-state index in [9.17, 15) is 31.7 Å². The summed E-state index contributed by atoms with van der Waals surface area (Å²) in [7, 11) is -4.38. The van der Waals surface area contributed by atoms with Crippen molar-refractivity contribution in [1.29, 1.82) is 0 Å². The van der Waals surface area contributed by atoms with Crippen LogP contribution in [0.5, 0.6) is 0 Å². The van der Waals surface area contributed by atoms with E-state index in [-0.39, 0.29) is 5.69 Å². The molecule has 1 aromatic rings. The number of benzene rings is 1. The summed E-state index contributed by atoms with van der Waals surface area (Å²) in [6.07, 6.45) is -5.90. The average molecular weight is 328 g/mol. The van der Waals surface area contributed by atoms with E-state index in [1.54, 1.807) is 4.72 Å². The number of alkyl halides is 3. The van der Waals surface area contributed by atoms with E-state index in [1.165, 1.54) is 0 Å². The maximum atomic E-state index is 12.0. The zero-order valence-electron chi connectivity index (χ0n) is 10.3. The van der Waals surface area contributed by atoms with E-state index < -0.39 is 44.7 Å². The van der Waals surface area contributed by atoms with E-state index >= 15 is 0 Å². The van der Waals surface area contributed by atoms with Crippen LogP contribution in [0.15, 0.2) is 23.1 Å². The summed E-state index contributed by atoms with van der Waals surface area (Å²) in [5.74, 6) is 5.08. The lowest BCUT2D eigenvalue weighted by molar-refractivity contribution is -0.385. The molecular formula is C9H11F3N4O4S. The number of rotatable bonds is 6. The van der Waals surface area contributed by atoms with E-state index in [1.807, 2.05) is 5.43 Å². The number of nitrogens with zero attached hydrogens (tertiary/aromatic N) is 1. The number of sulfonamides is 1. The molecule has 0 unspecified atom stereocenters. The molecule has 0 aliphatic carbocycles. The van der Waals surface area contributed by atoms with Gasteiger partial charge in [-0.3, -0.25) is 16.0 Å². The van der Waals surface area contributed by atoms with Crippen LogP contribution in [0.4, 0.5) is 24.5 Å². The first kappa shape index (κ1) is 17.1. The van der Waals surface area contributed by atoms with Crippen molar-refractivity contribution >= 4 is 21.4 Å². The molecule has 0 atom stereocenters. The number of anilines is 1. The number of nitrogens with one attached hydrogen (secondary N) is 2. The molecule has 0 fully saturated rings. The Morgan fingerprint density at radius 1 is 1.33 bits per heavy atom. The lowest BCUT2D eigenvalue weighted by Gasteiger charge is -2.11. The Hall–Kier alpha value is -1.92. The SMILES string of the molecule is NNc1ccc([N+](=O)[O-])cc1S(=O)(=O)NCCC(F)(F)F. The third kappa shape index (κ3) is 4.84. The first-order chi connectivity index (χ1) is 9.57. The van der Waals surface area contributed by atoms with Crippen LogP contribution < -0.4 is 16.0 Å². The third-order valence-electron chi connectivity index (χ3n) is 2.32. The summed E-state index contributed by atoms with van der Waals surface area (Å²) < 4.78 is 61.4. The number of nitro groups is 1. The maximum Gasteiger partial charge on any atom is 0.390 e. The Morgan fingerprint density at radius 3 is 2.43 bits per heavy atom. The Bertz CT molecular complexity index is 632. The van der Waals surface area contributed by atoms with Crippen LogP contribution in [0.3, 0.4) is 0 Å². The van der Waals surface area contributed by atoms with E-state index in [0.717, 1.165) is 12.1 Å². The van der Waals surface area contributed by atoms with Crippen LogP contribution in [0, 0.1) is 10.1 Å². The van der Waals surface area contributed by atoms with Gasteiger partial charge in [0.2, 0.25) is 10.0 Å². The van der Waals surface area contributed by atoms with Crippen LogP contribution in [0.2, 0.25) is 0 Å². The van der Waals surface area contributed by atoms with Gasteiger partial charge in [0.05, 0.1) is 17.0 Å². The lowest BCUT2D eigenvalue weighted by atomic mass is 10.3. The fraction of sp³-hybridized carbons (Fsp3) is 0.333. The van der Waals surface area contributed by atoms with E-state index in [2.05, 4.69) is 0 Å². The number of nitrogen functional groups attached to an aromatic ring is 1. The smallest absolute Gasteiger partial charge is 0.323 e. The lowest BCUT2D eigenvalue weighted by Crippen LogP contribution is -2.29. The van der Waals surface area contributed by atoms with Crippen molar-refractivity contribution in [2.24, 2.45) is 5.84 Å². The second-order valence-electron chi connectivity index (χ2n) is 3.84. The number of halogens is 3. The zero-order chi connectivity index (χ0) is 16.3. The molecule has 12 heteroatoms. The molecule has 0 aliphatic rings. The van der Waals surface area contributed by atoms with E-state index in [4.69, 9.17) is 5.84 Å². The number of hydrogen-bond donors (Lipinski definition) is 3. The largest absolute Gasteiger partial charge is 0.390 e. The molecule has 0 saturated carbocycles. The first-order valence-corrected chi connectivity index (χ1v) is 6.86. The van der Waals surface area contributed by atoms with Gasteiger partial charge in [0.15, 0.2) is 0 Å². The molecule has 1 aromatic carbocycles. The van der Waals surface area contributed by atoms with Crippen LogP contribution in [-0.2, 0) is 10.0 Å². The highest BCUT2D eigenvalue weighted by atomic mass is 32.2. The molecule has 0 aromatic heterocycles. The van der Waals surface area contributed by atoms with Crippen molar-refractivity contribution in [1.82, 2.24) is 4.72 Å². The molecule has 0 bridgehead atoms. The second-order valence-corrected chi connectivity index (χ2v) is 5.58. The minimum absolute atomic E-state index is 0.180. The Balaban J connectivity index is 3.06. The van der Waals surface area contributed by atoms with E-state index in [0.29, 0.717) is 6.07 Å². The van der Waals surface area contributed by atoms with Crippen LogP contribution >= 0.6 is 0 Å². The van der Waals surface area contributed by atoms with Crippen molar-refractivity contribution in [2.45, 2.75) is 17.5 Å². The second kappa shape index (κ2) is 6.24. The first-order valence-electron chi connectivity index (χ1n) is 5.38. The predicted molar refractivity (Wildman–Crippen MR) is 66.8 cm³/mol. The maximum absolute atomic E-state index is 12.0. The van der Waals surface area contributed by atoms with Gasteiger partial charge >= 0.3 is 6.18 Å². The van der Waals surface area contributed by atoms with Crippen molar-refractivity contribution in [2.75, 3.05) is 12.0 Å². The molecule has 0 saturated heterocycles. The van der Waals surface area contributed by atoms with Gasteiger partial charge in [-0.15, -0.1) is 0 Å². The van der Waals surface area contributed by atoms with Crippen molar-refractivity contribution in [3.05, 3.63) is 28.3 Å². The van der Waals surface area contributed by atoms with Gasteiger partial charge in [0.1, 0.15) is 4.90 Å². The highest BCUT2D eigenvalue weighted by molar-refractivity contribution is 7.89. The molecule has 1 rings (SSSR count). The fourth-order valence-corrected chi connectivity index (χ4v) is 2.59. The van der Waals surface area contributed by atoms with Gasteiger partial charge in [0, 0.05) is 18.7 Å². The molecule has 0 radical (unpaired) electrons. The van der Waals surface area contributed by atoms with Crippen LogP contribution in [0.1, 0.15) is 6.42 Å².